The molecule has 182 valence electrons. The number of aromatic nitrogens is 4. The SMILES string of the molecule is O[C@@H]1[C@H](O)CS[C@H]1n1cnc2c(NC(Cc3cccc4ccccc34)c3ccccc3)nc(Cl)nc21. The standard InChI is InChI=1S/C27H24ClN5O2S/c28-27-31-24(22-25(32-27)33(15-29-22)26-23(35)21(34)14-36-26)30-20(17-8-2-1-3-9-17)13-18-11-6-10-16-7-4-5-12-19(16)18/h1-12,15,20-21,23,26,34-35H,13-14H2,(H,30,31,32)/t20?,21-,23-,26-/m1/s1. The van der Waals surface area contributed by atoms with Gasteiger partial charge < -0.3 is 15.5 Å². The number of imidazole rings is 1. The molecule has 0 radical (unpaired) electrons. The summed E-state index contributed by atoms with van der Waals surface area (Å²) in [6.45, 7) is 0. The molecular weight excluding hydrogens is 494 g/mol. The highest BCUT2D eigenvalue weighted by molar-refractivity contribution is 7.99. The number of anilines is 1. The molecule has 7 nitrogen and oxygen atoms in total. The minimum atomic E-state index is -0.916. The number of benzene rings is 3. The van der Waals surface area contributed by atoms with Gasteiger partial charge in [0, 0.05) is 5.75 Å². The molecule has 0 amide bonds. The van der Waals surface area contributed by atoms with Crippen LogP contribution in [0.1, 0.15) is 22.5 Å². The number of thioether (sulfide) groups is 1. The fourth-order valence-electron chi connectivity index (χ4n) is 4.80. The summed E-state index contributed by atoms with van der Waals surface area (Å²) in [5.74, 6) is 0.965. The first kappa shape index (κ1) is 23.2. The zero-order valence-electron chi connectivity index (χ0n) is 19.2. The van der Waals surface area contributed by atoms with Crippen LogP contribution >= 0.6 is 23.4 Å². The third kappa shape index (κ3) is 4.30. The van der Waals surface area contributed by atoms with Crippen molar-refractivity contribution < 1.29 is 10.2 Å². The molecule has 6 rings (SSSR count). The third-order valence-electron chi connectivity index (χ3n) is 6.61. The maximum absolute atomic E-state index is 10.5. The van der Waals surface area contributed by atoms with Gasteiger partial charge in [0.05, 0.1) is 18.5 Å². The molecule has 1 unspecified atom stereocenters. The summed E-state index contributed by atoms with van der Waals surface area (Å²) in [5.41, 5.74) is 3.40. The highest BCUT2D eigenvalue weighted by Crippen LogP contribution is 2.39. The van der Waals surface area contributed by atoms with E-state index in [1.54, 1.807) is 10.9 Å². The van der Waals surface area contributed by atoms with Crippen LogP contribution in [0.15, 0.2) is 79.1 Å². The Labute approximate surface area is 217 Å². The van der Waals surface area contributed by atoms with Crippen molar-refractivity contribution in [1.29, 1.82) is 0 Å². The maximum Gasteiger partial charge on any atom is 0.226 e. The lowest BCUT2D eigenvalue weighted by molar-refractivity contribution is 0.0313. The Morgan fingerprint density at radius 3 is 2.58 bits per heavy atom. The molecule has 1 aliphatic heterocycles. The van der Waals surface area contributed by atoms with Gasteiger partial charge >= 0.3 is 0 Å². The van der Waals surface area contributed by atoms with Gasteiger partial charge in [0.1, 0.15) is 11.5 Å². The molecule has 36 heavy (non-hydrogen) atoms. The summed E-state index contributed by atoms with van der Waals surface area (Å²) in [6, 6.07) is 24.9. The quantitative estimate of drug-likeness (QED) is 0.273. The van der Waals surface area contributed by atoms with Crippen molar-refractivity contribution in [3.8, 4) is 0 Å². The Kier molecular flexibility index (Phi) is 6.27. The molecule has 1 saturated heterocycles. The number of hydrogen-bond donors (Lipinski definition) is 3. The molecule has 0 bridgehead atoms. The molecular formula is C27H24ClN5O2S. The molecule has 0 spiro atoms. The minimum Gasteiger partial charge on any atom is -0.389 e. The zero-order chi connectivity index (χ0) is 24.6. The van der Waals surface area contributed by atoms with E-state index in [1.165, 1.54) is 28.1 Å². The van der Waals surface area contributed by atoms with Crippen molar-refractivity contribution in [2.24, 2.45) is 0 Å². The van der Waals surface area contributed by atoms with Crippen molar-refractivity contribution in [3.05, 3.63) is 95.5 Å². The molecule has 4 atom stereocenters. The number of nitrogens with zero attached hydrogens (tertiary/aromatic N) is 4. The van der Waals surface area contributed by atoms with Crippen LogP contribution in [0.5, 0.6) is 0 Å². The van der Waals surface area contributed by atoms with E-state index in [0.29, 0.717) is 22.7 Å². The van der Waals surface area contributed by atoms with Gasteiger partial charge in [-0.15, -0.1) is 11.8 Å². The molecule has 0 aliphatic carbocycles. The van der Waals surface area contributed by atoms with Gasteiger partial charge in [-0.3, -0.25) is 4.57 Å². The number of aliphatic hydroxyl groups excluding tert-OH is 2. The summed E-state index contributed by atoms with van der Waals surface area (Å²) >= 11 is 7.83. The number of nitrogens with one attached hydrogen (secondary N) is 1. The van der Waals surface area contributed by atoms with E-state index in [9.17, 15) is 10.2 Å². The summed E-state index contributed by atoms with van der Waals surface area (Å²) in [7, 11) is 0. The zero-order valence-corrected chi connectivity index (χ0v) is 20.8. The number of fused-ring (bicyclic) bond motifs is 2. The van der Waals surface area contributed by atoms with Gasteiger partial charge in [-0.05, 0) is 39.9 Å². The molecule has 1 aliphatic rings. The lowest BCUT2D eigenvalue weighted by Gasteiger charge is -2.21. The smallest absolute Gasteiger partial charge is 0.226 e. The van der Waals surface area contributed by atoms with Crippen molar-refractivity contribution in [2.75, 3.05) is 11.1 Å². The van der Waals surface area contributed by atoms with Crippen molar-refractivity contribution in [3.63, 3.8) is 0 Å². The summed E-state index contributed by atoms with van der Waals surface area (Å²) in [5, 5.41) is 26.2. The van der Waals surface area contributed by atoms with Crippen LogP contribution in [0.2, 0.25) is 5.28 Å². The van der Waals surface area contributed by atoms with Gasteiger partial charge in [0.15, 0.2) is 17.0 Å². The van der Waals surface area contributed by atoms with Gasteiger partial charge in [0.2, 0.25) is 5.28 Å². The second kappa shape index (κ2) is 9.71. The van der Waals surface area contributed by atoms with E-state index >= 15 is 0 Å². The second-order valence-electron chi connectivity index (χ2n) is 8.90. The van der Waals surface area contributed by atoms with Crippen molar-refractivity contribution >= 4 is 51.1 Å². The van der Waals surface area contributed by atoms with E-state index < -0.39 is 17.6 Å². The molecule has 9 heteroatoms. The summed E-state index contributed by atoms with van der Waals surface area (Å²) in [4.78, 5) is 13.5. The number of aliphatic hydroxyl groups is 2. The molecule has 3 aromatic carbocycles. The molecule has 3 N–H and O–H groups in total. The summed E-state index contributed by atoms with van der Waals surface area (Å²) < 4.78 is 1.77. The first-order valence-corrected chi connectivity index (χ1v) is 13.2. The average Bonchev–Trinajstić information content (AvgIpc) is 3.46. The largest absolute Gasteiger partial charge is 0.389 e. The second-order valence-corrected chi connectivity index (χ2v) is 10.4. The number of rotatable bonds is 6. The maximum atomic E-state index is 10.5. The number of hydrogen-bond acceptors (Lipinski definition) is 7. The fourth-order valence-corrected chi connectivity index (χ4v) is 6.25. The molecule has 1 fully saturated rings. The molecule has 5 aromatic rings. The van der Waals surface area contributed by atoms with Crippen LogP contribution in [0.4, 0.5) is 5.82 Å². The number of halogens is 1. The van der Waals surface area contributed by atoms with E-state index in [0.717, 1.165) is 12.0 Å². The van der Waals surface area contributed by atoms with Gasteiger partial charge in [0.25, 0.3) is 0 Å². The van der Waals surface area contributed by atoms with Crippen LogP contribution in [0.3, 0.4) is 0 Å². The van der Waals surface area contributed by atoms with Crippen molar-refractivity contribution in [1.82, 2.24) is 19.5 Å². The molecule has 3 heterocycles. The monoisotopic (exact) mass is 517 g/mol. The van der Waals surface area contributed by atoms with Crippen LogP contribution in [0, 0.1) is 0 Å². The Hall–Kier alpha value is -3.17. The van der Waals surface area contributed by atoms with E-state index in [-0.39, 0.29) is 11.3 Å². The Morgan fingerprint density at radius 1 is 1.00 bits per heavy atom. The third-order valence-corrected chi connectivity index (χ3v) is 8.16. The average molecular weight is 518 g/mol. The predicted molar refractivity (Wildman–Crippen MR) is 144 cm³/mol. The van der Waals surface area contributed by atoms with Crippen LogP contribution in [0.25, 0.3) is 21.9 Å². The van der Waals surface area contributed by atoms with Crippen LogP contribution in [-0.4, -0.2) is 47.7 Å². The van der Waals surface area contributed by atoms with Gasteiger partial charge in [-0.1, -0.05) is 72.8 Å². The van der Waals surface area contributed by atoms with Gasteiger partial charge in [-0.25, -0.2) is 4.98 Å². The van der Waals surface area contributed by atoms with Crippen LogP contribution in [-0.2, 0) is 6.42 Å². The Morgan fingerprint density at radius 2 is 1.78 bits per heavy atom. The van der Waals surface area contributed by atoms with E-state index in [2.05, 4.69) is 68.8 Å². The van der Waals surface area contributed by atoms with E-state index in [1.807, 2.05) is 24.3 Å². The summed E-state index contributed by atoms with van der Waals surface area (Å²) in [6.07, 6.45) is 0.636. The van der Waals surface area contributed by atoms with Crippen LogP contribution < -0.4 is 5.32 Å². The highest BCUT2D eigenvalue weighted by Gasteiger charge is 2.36. The topological polar surface area (TPSA) is 96.1 Å². The minimum absolute atomic E-state index is 0.0850. The fraction of sp³-hybridized carbons (Fsp3) is 0.222. The lowest BCUT2D eigenvalue weighted by Crippen LogP contribution is -2.27. The van der Waals surface area contributed by atoms with Crippen molar-refractivity contribution in [2.45, 2.75) is 30.0 Å². The molecule has 2 aromatic heterocycles. The van der Waals surface area contributed by atoms with Gasteiger partial charge in [-0.2, -0.15) is 9.97 Å². The molecule has 0 saturated carbocycles. The first-order chi connectivity index (χ1) is 17.6. The predicted octanol–water partition coefficient (Wildman–Crippen LogP) is 5.00. The first-order valence-electron chi connectivity index (χ1n) is 11.7. The highest BCUT2D eigenvalue weighted by atomic mass is 35.5. The Balaban J connectivity index is 1.40. The normalized spacial score (nSPS) is 20.7. The Bertz CT molecular complexity index is 1520. The lowest BCUT2D eigenvalue weighted by atomic mass is 9.95. The van der Waals surface area contributed by atoms with E-state index in [4.69, 9.17) is 11.6 Å².